The summed E-state index contributed by atoms with van der Waals surface area (Å²) < 4.78 is 12.5. The summed E-state index contributed by atoms with van der Waals surface area (Å²) in [4.78, 5) is 11.8. The summed E-state index contributed by atoms with van der Waals surface area (Å²) >= 11 is 0. The predicted molar refractivity (Wildman–Crippen MR) is 63.4 cm³/mol. The van der Waals surface area contributed by atoms with E-state index in [-0.39, 0.29) is 5.97 Å². The van der Waals surface area contributed by atoms with Crippen molar-refractivity contribution >= 4 is 16.9 Å². The quantitative estimate of drug-likeness (QED) is 0.706. The first-order valence-corrected chi connectivity index (χ1v) is 5.65. The average Bonchev–Trinajstić information content (AvgIpc) is 2.72. The molecule has 0 atom stereocenters. The van der Waals surface area contributed by atoms with Crippen molar-refractivity contribution in [3.63, 3.8) is 0 Å². The number of methoxy groups -OCH3 is 1. The van der Waals surface area contributed by atoms with Crippen molar-refractivity contribution in [1.82, 2.24) is 4.57 Å². The summed E-state index contributed by atoms with van der Waals surface area (Å²) in [6, 6.07) is 7.81. The van der Waals surface area contributed by atoms with E-state index in [1.165, 1.54) is 7.11 Å². The fourth-order valence-corrected chi connectivity index (χ4v) is 2.34. The Morgan fingerprint density at radius 1 is 1.41 bits per heavy atom. The van der Waals surface area contributed by atoms with Crippen LogP contribution in [0.15, 0.2) is 24.3 Å². The molecule has 2 heterocycles. The van der Waals surface area contributed by atoms with Crippen LogP contribution >= 0.6 is 0 Å². The van der Waals surface area contributed by atoms with E-state index in [1.807, 2.05) is 28.8 Å². The maximum absolute atomic E-state index is 11.8. The lowest BCUT2D eigenvalue weighted by Crippen LogP contribution is -2.15. The van der Waals surface area contributed by atoms with Crippen molar-refractivity contribution in [3.05, 3.63) is 29.8 Å². The standard InChI is InChI=1S/C13H13NO3/c1-16-13(15)11-9-5-2-3-6-10(9)14-7-4-8-17-12(11)14/h2-3,5-6H,4,7-8H2,1H3. The maximum Gasteiger partial charge on any atom is 0.344 e. The Kier molecular flexibility index (Phi) is 2.28. The average molecular weight is 231 g/mol. The predicted octanol–water partition coefficient (Wildman–Crippen LogP) is 2.21. The first-order valence-electron chi connectivity index (χ1n) is 5.65. The number of aryl methyl sites for hydroxylation is 1. The van der Waals surface area contributed by atoms with E-state index in [0.29, 0.717) is 18.1 Å². The smallest absolute Gasteiger partial charge is 0.344 e. The molecule has 1 aliphatic heterocycles. The number of benzene rings is 1. The van der Waals surface area contributed by atoms with Crippen LogP contribution in [-0.2, 0) is 11.3 Å². The zero-order valence-corrected chi connectivity index (χ0v) is 9.60. The van der Waals surface area contributed by atoms with Gasteiger partial charge in [0.25, 0.3) is 0 Å². The van der Waals surface area contributed by atoms with E-state index < -0.39 is 0 Å². The Morgan fingerprint density at radius 2 is 2.24 bits per heavy atom. The molecule has 0 N–H and O–H groups in total. The number of fused-ring (bicyclic) bond motifs is 3. The van der Waals surface area contributed by atoms with Gasteiger partial charge in [0, 0.05) is 11.9 Å². The summed E-state index contributed by atoms with van der Waals surface area (Å²) in [5.74, 6) is 0.307. The molecule has 2 aromatic rings. The minimum atomic E-state index is -0.336. The van der Waals surface area contributed by atoms with Crippen LogP contribution in [0.25, 0.3) is 10.9 Å². The van der Waals surface area contributed by atoms with Crippen LogP contribution in [0.5, 0.6) is 5.88 Å². The van der Waals surface area contributed by atoms with Crippen molar-refractivity contribution in [2.45, 2.75) is 13.0 Å². The van der Waals surface area contributed by atoms with E-state index in [9.17, 15) is 4.79 Å². The molecule has 0 radical (unpaired) electrons. The second-order valence-corrected chi connectivity index (χ2v) is 4.04. The molecule has 1 aliphatic rings. The number of nitrogens with zero attached hydrogens (tertiary/aromatic N) is 1. The number of esters is 1. The second kappa shape index (κ2) is 3.80. The second-order valence-electron chi connectivity index (χ2n) is 4.04. The molecule has 1 aromatic carbocycles. The first kappa shape index (κ1) is 10.2. The Morgan fingerprint density at radius 3 is 3.06 bits per heavy atom. The largest absolute Gasteiger partial charge is 0.478 e. The highest BCUT2D eigenvalue weighted by atomic mass is 16.5. The number of ether oxygens (including phenoxy) is 2. The van der Waals surface area contributed by atoms with Gasteiger partial charge in [0.2, 0.25) is 5.88 Å². The molecule has 0 aliphatic carbocycles. The lowest BCUT2D eigenvalue weighted by molar-refractivity contribution is 0.0596. The number of rotatable bonds is 1. The highest BCUT2D eigenvalue weighted by Gasteiger charge is 2.26. The van der Waals surface area contributed by atoms with E-state index >= 15 is 0 Å². The van der Waals surface area contributed by atoms with Gasteiger partial charge >= 0.3 is 5.97 Å². The van der Waals surface area contributed by atoms with E-state index in [0.717, 1.165) is 23.9 Å². The normalized spacial score (nSPS) is 14.2. The number of hydrogen-bond donors (Lipinski definition) is 0. The molecule has 17 heavy (non-hydrogen) atoms. The molecule has 0 fully saturated rings. The molecule has 0 saturated carbocycles. The van der Waals surface area contributed by atoms with Gasteiger partial charge in [-0.2, -0.15) is 0 Å². The maximum atomic E-state index is 11.8. The van der Waals surface area contributed by atoms with Gasteiger partial charge in [-0.05, 0) is 12.5 Å². The molecule has 4 heteroatoms. The van der Waals surface area contributed by atoms with Crippen LogP contribution in [0.1, 0.15) is 16.8 Å². The third-order valence-electron chi connectivity index (χ3n) is 3.08. The zero-order valence-electron chi connectivity index (χ0n) is 9.60. The van der Waals surface area contributed by atoms with Crippen LogP contribution in [0.2, 0.25) is 0 Å². The van der Waals surface area contributed by atoms with E-state index in [2.05, 4.69) is 0 Å². The Hall–Kier alpha value is -1.97. The van der Waals surface area contributed by atoms with Crippen LogP contribution in [0.3, 0.4) is 0 Å². The molecule has 0 spiro atoms. The SMILES string of the molecule is COC(=O)c1c2n(c3ccccc13)CCCO2. The summed E-state index contributed by atoms with van der Waals surface area (Å²) in [5.41, 5.74) is 1.57. The summed E-state index contributed by atoms with van der Waals surface area (Å²) in [6.45, 7) is 1.53. The summed E-state index contributed by atoms with van der Waals surface area (Å²) in [5, 5.41) is 0.899. The van der Waals surface area contributed by atoms with Crippen molar-refractivity contribution in [3.8, 4) is 5.88 Å². The molecule has 0 amide bonds. The van der Waals surface area contributed by atoms with Crippen LogP contribution < -0.4 is 4.74 Å². The Labute approximate surface area is 98.7 Å². The molecule has 0 bridgehead atoms. The monoisotopic (exact) mass is 231 g/mol. The molecule has 1 aromatic heterocycles. The van der Waals surface area contributed by atoms with Crippen molar-refractivity contribution in [1.29, 1.82) is 0 Å². The Bertz CT molecular complexity index is 586. The van der Waals surface area contributed by atoms with Gasteiger partial charge in [-0.3, -0.25) is 0 Å². The highest BCUT2D eigenvalue weighted by molar-refractivity contribution is 6.07. The van der Waals surface area contributed by atoms with Crippen molar-refractivity contribution in [2.24, 2.45) is 0 Å². The molecular weight excluding hydrogens is 218 g/mol. The minimum Gasteiger partial charge on any atom is -0.478 e. The number of carbonyl (C=O) groups excluding carboxylic acids is 1. The Balaban J connectivity index is 2.35. The fraction of sp³-hybridized carbons (Fsp3) is 0.308. The third-order valence-corrected chi connectivity index (χ3v) is 3.08. The van der Waals surface area contributed by atoms with Crippen LogP contribution in [-0.4, -0.2) is 24.3 Å². The minimum absolute atomic E-state index is 0.336. The molecule has 88 valence electrons. The summed E-state index contributed by atoms with van der Waals surface area (Å²) in [7, 11) is 1.39. The summed E-state index contributed by atoms with van der Waals surface area (Å²) in [6.07, 6.45) is 0.965. The molecule has 0 unspecified atom stereocenters. The molecule has 0 saturated heterocycles. The topological polar surface area (TPSA) is 40.5 Å². The number of para-hydroxylation sites is 1. The van der Waals surface area contributed by atoms with Gasteiger partial charge in [-0.1, -0.05) is 18.2 Å². The third kappa shape index (κ3) is 1.40. The molecular formula is C13H13NO3. The highest BCUT2D eigenvalue weighted by Crippen LogP contribution is 2.34. The fourth-order valence-electron chi connectivity index (χ4n) is 2.34. The van der Waals surface area contributed by atoms with Gasteiger partial charge in [0.05, 0.1) is 19.2 Å². The lowest BCUT2D eigenvalue weighted by atomic mass is 10.2. The van der Waals surface area contributed by atoms with Crippen molar-refractivity contribution in [2.75, 3.05) is 13.7 Å². The van der Waals surface area contributed by atoms with Gasteiger partial charge in [0.15, 0.2) is 0 Å². The lowest BCUT2D eigenvalue weighted by Gasteiger charge is -2.17. The van der Waals surface area contributed by atoms with Gasteiger partial charge in [0.1, 0.15) is 5.56 Å². The molecule has 4 nitrogen and oxygen atoms in total. The van der Waals surface area contributed by atoms with E-state index in [4.69, 9.17) is 9.47 Å². The van der Waals surface area contributed by atoms with E-state index in [1.54, 1.807) is 0 Å². The van der Waals surface area contributed by atoms with Crippen molar-refractivity contribution < 1.29 is 14.3 Å². The zero-order chi connectivity index (χ0) is 11.8. The van der Waals surface area contributed by atoms with Crippen LogP contribution in [0, 0.1) is 0 Å². The first-order chi connectivity index (χ1) is 8.33. The van der Waals surface area contributed by atoms with Gasteiger partial charge in [-0.15, -0.1) is 0 Å². The number of carbonyl (C=O) groups is 1. The number of aromatic nitrogens is 1. The number of hydrogen-bond acceptors (Lipinski definition) is 3. The molecule has 3 rings (SSSR count). The van der Waals surface area contributed by atoms with Gasteiger partial charge < -0.3 is 14.0 Å². The van der Waals surface area contributed by atoms with Crippen LogP contribution in [0.4, 0.5) is 0 Å². The van der Waals surface area contributed by atoms with Gasteiger partial charge in [-0.25, -0.2) is 4.79 Å².